The number of nitrogens with one attached hydrogen (secondary N) is 1. The number of nitro groups is 1. The van der Waals surface area contributed by atoms with Crippen molar-refractivity contribution < 1.29 is 23.6 Å². The monoisotopic (exact) mass is 274 g/mol. The number of carbonyl (C=O) groups is 1. The van der Waals surface area contributed by atoms with E-state index in [1.54, 1.807) is 0 Å². The number of aliphatic carboxylic acids is 1. The van der Waals surface area contributed by atoms with Crippen molar-refractivity contribution in [2.75, 3.05) is 5.32 Å². The number of hydrogen-bond acceptors (Lipinski definition) is 4. The summed E-state index contributed by atoms with van der Waals surface area (Å²) in [4.78, 5) is 20.7. The van der Waals surface area contributed by atoms with Crippen molar-refractivity contribution >= 4 is 17.3 Å². The Morgan fingerprint density at radius 3 is 2.47 bits per heavy atom. The lowest BCUT2D eigenvalue weighted by molar-refractivity contribution is -0.385. The number of nitro benzene ring substituents is 1. The number of non-ortho nitro benzene ring substituents is 1. The van der Waals surface area contributed by atoms with Crippen molar-refractivity contribution in [3.05, 3.63) is 33.9 Å². The van der Waals surface area contributed by atoms with Gasteiger partial charge in [0.25, 0.3) is 12.1 Å². The van der Waals surface area contributed by atoms with E-state index in [4.69, 9.17) is 5.11 Å². The predicted octanol–water partition coefficient (Wildman–Crippen LogP) is 2.81. The molecule has 8 heteroatoms. The third-order valence-electron chi connectivity index (χ3n) is 2.46. The van der Waals surface area contributed by atoms with Gasteiger partial charge in [0.1, 0.15) is 5.54 Å². The molecular weight excluding hydrogens is 262 g/mol. The molecule has 0 amide bonds. The minimum absolute atomic E-state index is 0.145. The van der Waals surface area contributed by atoms with Crippen LogP contribution in [0.15, 0.2) is 18.2 Å². The average Bonchev–Trinajstić information content (AvgIpc) is 2.28. The zero-order valence-corrected chi connectivity index (χ0v) is 10.2. The van der Waals surface area contributed by atoms with Crippen LogP contribution in [0.3, 0.4) is 0 Å². The molecule has 0 aliphatic carbocycles. The molecule has 0 fully saturated rings. The molecule has 0 aliphatic rings. The Morgan fingerprint density at radius 2 is 2.05 bits per heavy atom. The first-order chi connectivity index (χ1) is 8.65. The highest BCUT2D eigenvalue weighted by Gasteiger charge is 2.29. The molecule has 0 bridgehead atoms. The van der Waals surface area contributed by atoms with Gasteiger partial charge in [0.2, 0.25) is 0 Å². The maximum absolute atomic E-state index is 12.8. The molecule has 0 unspecified atom stereocenters. The van der Waals surface area contributed by atoms with Gasteiger partial charge in [0.05, 0.1) is 4.92 Å². The summed E-state index contributed by atoms with van der Waals surface area (Å²) in [5.41, 5.74) is -2.70. The summed E-state index contributed by atoms with van der Waals surface area (Å²) in [7, 11) is 0. The van der Waals surface area contributed by atoms with Crippen molar-refractivity contribution in [2.45, 2.75) is 25.8 Å². The Bertz CT molecular complexity index is 517. The molecular formula is C11H12F2N2O4. The standard InChI is InChI=1S/C11H12F2N2O4/c1-11(2,10(16)17)14-8-4-3-6(15(18)19)5-7(8)9(12)13/h3-5,9,14H,1-2H3,(H,16,17). The van der Waals surface area contributed by atoms with Crippen LogP contribution < -0.4 is 5.32 Å². The average molecular weight is 274 g/mol. The van der Waals surface area contributed by atoms with Crippen LogP contribution in [0.25, 0.3) is 0 Å². The van der Waals surface area contributed by atoms with Gasteiger partial charge in [-0.1, -0.05) is 0 Å². The van der Waals surface area contributed by atoms with Crippen LogP contribution in [0.2, 0.25) is 0 Å². The van der Waals surface area contributed by atoms with Gasteiger partial charge in [-0.3, -0.25) is 10.1 Å². The number of carboxylic acid groups (broad SMARTS) is 1. The Balaban J connectivity index is 3.21. The van der Waals surface area contributed by atoms with Crippen LogP contribution in [0.4, 0.5) is 20.2 Å². The van der Waals surface area contributed by atoms with Crippen molar-refractivity contribution in [1.82, 2.24) is 0 Å². The van der Waals surface area contributed by atoms with Gasteiger partial charge >= 0.3 is 5.97 Å². The van der Waals surface area contributed by atoms with E-state index in [9.17, 15) is 23.7 Å². The number of rotatable bonds is 5. The zero-order chi connectivity index (χ0) is 14.8. The predicted molar refractivity (Wildman–Crippen MR) is 63.4 cm³/mol. The Kier molecular flexibility index (Phi) is 4.03. The van der Waals surface area contributed by atoms with Gasteiger partial charge in [0, 0.05) is 23.4 Å². The van der Waals surface area contributed by atoms with Crippen LogP contribution in [-0.4, -0.2) is 21.5 Å². The molecule has 0 spiro atoms. The SMILES string of the molecule is CC(C)(Nc1ccc([N+](=O)[O-])cc1C(F)F)C(=O)O. The second kappa shape index (κ2) is 5.17. The van der Waals surface area contributed by atoms with E-state index < -0.39 is 34.1 Å². The van der Waals surface area contributed by atoms with E-state index in [0.29, 0.717) is 0 Å². The third kappa shape index (κ3) is 3.36. The lowest BCUT2D eigenvalue weighted by Gasteiger charge is -2.24. The number of nitrogens with zero attached hydrogens (tertiary/aromatic N) is 1. The van der Waals surface area contributed by atoms with Crippen LogP contribution in [0, 0.1) is 10.1 Å². The van der Waals surface area contributed by atoms with Crippen LogP contribution in [0.5, 0.6) is 0 Å². The van der Waals surface area contributed by atoms with Gasteiger partial charge in [-0.15, -0.1) is 0 Å². The first kappa shape index (κ1) is 14.8. The minimum atomic E-state index is -2.95. The molecule has 6 nitrogen and oxygen atoms in total. The molecule has 1 rings (SSSR count). The molecule has 0 atom stereocenters. The van der Waals surface area contributed by atoms with Crippen LogP contribution in [0.1, 0.15) is 25.8 Å². The normalized spacial score (nSPS) is 11.4. The van der Waals surface area contributed by atoms with Gasteiger partial charge in [-0.05, 0) is 19.9 Å². The Labute approximate surface area is 107 Å². The largest absolute Gasteiger partial charge is 0.480 e. The van der Waals surface area contributed by atoms with E-state index in [-0.39, 0.29) is 5.69 Å². The fourth-order valence-corrected chi connectivity index (χ4v) is 1.35. The van der Waals surface area contributed by atoms with Crippen LogP contribution >= 0.6 is 0 Å². The van der Waals surface area contributed by atoms with E-state index in [2.05, 4.69) is 5.32 Å². The maximum Gasteiger partial charge on any atom is 0.328 e. The summed E-state index contributed by atoms with van der Waals surface area (Å²) >= 11 is 0. The number of anilines is 1. The lowest BCUT2D eigenvalue weighted by atomic mass is 10.0. The van der Waals surface area contributed by atoms with E-state index >= 15 is 0 Å². The Morgan fingerprint density at radius 1 is 1.47 bits per heavy atom. The summed E-state index contributed by atoms with van der Waals surface area (Å²) in [5, 5.41) is 21.9. The second-order valence-corrected chi connectivity index (χ2v) is 4.38. The third-order valence-corrected chi connectivity index (χ3v) is 2.46. The molecule has 0 aromatic heterocycles. The summed E-state index contributed by atoms with van der Waals surface area (Å²) in [6, 6.07) is 2.83. The molecule has 0 heterocycles. The van der Waals surface area contributed by atoms with E-state index in [1.165, 1.54) is 13.8 Å². The van der Waals surface area contributed by atoms with Crippen molar-refractivity contribution in [3.63, 3.8) is 0 Å². The van der Waals surface area contributed by atoms with Crippen molar-refractivity contribution in [2.24, 2.45) is 0 Å². The fraction of sp³-hybridized carbons (Fsp3) is 0.364. The molecule has 0 aliphatic heterocycles. The number of carboxylic acids is 1. The molecule has 1 aromatic rings. The highest BCUT2D eigenvalue weighted by Crippen LogP contribution is 2.32. The molecule has 0 saturated heterocycles. The first-order valence-corrected chi connectivity index (χ1v) is 5.23. The number of alkyl halides is 2. The quantitative estimate of drug-likeness (QED) is 0.636. The second-order valence-electron chi connectivity index (χ2n) is 4.38. The van der Waals surface area contributed by atoms with Crippen LogP contribution in [-0.2, 0) is 4.79 Å². The number of hydrogen-bond donors (Lipinski definition) is 2. The van der Waals surface area contributed by atoms with Crippen molar-refractivity contribution in [3.8, 4) is 0 Å². The van der Waals surface area contributed by atoms with Gasteiger partial charge in [0.15, 0.2) is 0 Å². The lowest BCUT2D eigenvalue weighted by Crippen LogP contribution is -2.40. The molecule has 2 N–H and O–H groups in total. The first-order valence-electron chi connectivity index (χ1n) is 5.23. The highest BCUT2D eigenvalue weighted by molar-refractivity contribution is 5.82. The molecule has 104 valence electrons. The van der Waals surface area contributed by atoms with Crippen molar-refractivity contribution in [1.29, 1.82) is 0 Å². The fourth-order valence-electron chi connectivity index (χ4n) is 1.35. The Hall–Kier alpha value is -2.25. The van der Waals surface area contributed by atoms with Gasteiger partial charge < -0.3 is 10.4 Å². The van der Waals surface area contributed by atoms with Gasteiger partial charge in [-0.25, -0.2) is 13.6 Å². The zero-order valence-electron chi connectivity index (χ0n) is 10.2. The van der Waals surface area contributed by atoms with E-state index in [0.717, 1.165) is 18.2 Å². The molecule has 0 radical (unpaired) electrons. The summed E-state index contributed by atoms with van der Waals surface area (Å²) in [6.45, 7) is 2.60. The number of halogens is 2. The minimum Gasteiger partial charge on any atom is -0.480 e. The summed E-state index contributed by atoms with van der Waals surface area (Å²) in [6.07, 6.45) is -2.95. The topological polar surface area (TPSA) is 92.5 Å². The highest BCUT2D eigenvalue weighted by atomic mass is 19.3. The molecule has 1 aromatic carbocycles. The maximum atomic E-state index is 12.8. The summed E-state index contributed by atoms with van der Waals surface area (Å²) in [5.74, 6) is -1.23. The van der Waals surface area contributed by atoms with E-state index in [1.807, 2.05) is 0 Å². The summed E-state index contributed by atoms with van der Waals surface area (Å²) < 4.78 is 25.7. The molecule has 0 saturated carbocycles. The number of benzene rings is 1. The molecule has 19 heavy (non-hydrogen) atoms. The van der Waals surface area contributed by atoms with Gasteiger partial charge in [-0.2, -0.15) is 0 Å². The smallest absolute Gasteiger partial charge is 0.328 e.